The Morgan fingerprint density at radius 3 is 3.05 bits per heavy atom. The average Bonchev–Trinajstić information content (AvgIpc) is 2.97. The van der Waals surface area contributed by atoms with Crippen molar-refractivity contribution in [3.8, 4) is 0 Å². The molecule has 0 unspecified atom stereocenters. The second-order valence-corrected chi connectivity index (χ2v) is 5.65. The predicted octanol–water partition coefficient (Wildman–Crippen LogP) is 1.70. The Labute approximate surface area is 116 Å². The summed E-state index contributed by atoms with van der Waals surface area (Å²) < 4.78 is 5.15. The first-order valence-electron chi connectivity index (χ1n) is 6.14. The number of thiophene rings is 1. The molecule has 1 aliphatic rings. The van der Waals surface area contributed by atoms with E-state index in [1.807, 2.05) is 36.6 Å². The van der Waals surface area contributed by atoms with Gasteiger partial charge in [0.2, 0.25) is 0 Å². The summed E-state index contributed by atoms with van der Waals surface area (Å²) in [7, 11) is -0.853. The molecule has 96 valence electrons. The van der Waals surface area contributed by atoms with Gasteiger partial charge in [0.15, 0.2) is 5.78 Å². The molecule has 0 fully saturated rings. The number of benzene rings is 1. The van der Waals surface area contributed by atoms with Crippen molar-refractivity contribution >= 4 is 29.7 Å². The Bertz CT molecular complexity index is 635. The van der Waals surface area contributed by atoms with E-state index < -0.39 is 7.12 Å². The highest BCUT2D eigenvalue weighted by Gasteiger charge is 2.27. The van der Waals surface area contributed by atoms with Crippen molar-refractivity contribution in [2.45, 2.75) is 20.0 Å². The van der Waals surface area contributed by atoms with Crippen molar-refractivity contribution in [1.82, 2.24) is 0 Å². The van der Waals surface area contributed by atoms with Crippen LogP contribution in [0.5, 0.6) is 0 Å². The average molecular weight is 272 g/mol. The third-order valence-corrected chi connectivity index (χ3v) is 4.41. The molecule has 0 amide bonds. The van der Waals surface area contributed by atoms with Crippen LogP contribution in [0.15, 0.2) is 29.6 Å². The highest BCUT2D eigenvalue weighted by molar-refractivity contribution is 7.12. The normalized spacial score (nSPS) is 13.7. The van der Waals surface area contributed by atoms with E-state index in [-0.39, 0.29) is 5.78 Å². The van der Waals surface area contributed by atoms with Crippen LogP contribution in [0.25, 0.3) is 0 Å². The summed E-state index contributed by atoms with van der Waals surface area (Å²) in [6.07, 6.45) is 0.362. The van der Waals surface area contributed by atoms with E-state index in [0.717, 1.165) is 27.0 Å². The molecule has 0 bridgehead atoms. The molecule has 3 nitrogen and oxygen atoms in total. The minimum atomic E-state index is -0.853. The molecule has 1 aromatic carbocycles. The van der Waals surface area contributed by atoms with Gasteiger partial charge in [-0.05, 0) is 40.5 Å². The molecule has 0 atom stereocenters. The lowest BCUT2D eigenvalue weighted by atomic mass is 9.78. The number of hydrogen-bond acceptors (Lipinski definition) is 4. The Morgan fingerprint density at radius 1 is 1.47 bits per heavy atom. The van der Waals surface area contributed by atoms with Crippen LogP contribution in [-0.2, 0) is 17.7 Å². The zero-order valence-electron chi connectivity index (χ0n) is 10.6. The van der Waals surface area contributed by atoms with Crippen LogP contribution in [0.1, 0.15) is 26.4 Å². The maximum Gasteiger partial charge on any atom is 0.491 e. The number of aryl methyl sites for hydroxylation is 1. The van der Waals surface area contributed by atoms with Crippen molar-refractivity contribution in [3.63, 3.8) is 0 Å². The fourth-order valence-electron chi connectivity index (χ4n) is 2.30. The standard InChI is InChI=1S/C14H13BO3S/c1-9-4-5-19-14(9)13(16)7-10-2-3-11-8-18-15(17)12(11)6-10/h2-6,17H,7-8H2,1H3. The van der Waals surface area contributed by atoms with Crippen molar-refractivity contribution in [1.29, 1.82) is 0 Å². The first kappa shape index (κ1) is 12.6. The molecular formula is C14H13BO3S. The van der Waals surface area contributed by atoms with Crippen LogP contribution < -0.4 is 5.46 Å². The van der Waals surface area contributed by atoms with E-state index >= 15 is 0 Å². The van der Waals surface area contributed by atoms with Gasteiger partial charge >= 0.3 is 7.12 Å². The summed E-state index contributed by atoms with van der Waals surface area (Å²) in [6.45, 7) is 2.39. The number of carbonyl (C=O) groups is 1. The summed E-state index contributed by atoms with van der Waals surface area (Å²) in [5.41, 5.74) is 3.73. The minimum Gasteiger partial charge on any atom is -0.423 e. The third-order valence-electron chi connectivity index (χ3n) is 3.35. The van der Waals surface area contributed by atoms with Gasteiger partial charge in [-0.2, -0.15) is 0 Å². The summed E-state index contributed by atoms with van der Waals surface area (Å²) in [5.74, 6) is 0.126. The first-order valence-corrected chi connectivity index (χ1v) is 7.02. The van der Waals surface area contributed by atoms with E-state index in [1.54, 1.807) is 0 Å². The van der Waals surface area contributed by atoms with Crippen LogP contribution >= 0.6 is 11.3 Å². The second kappa shape index (κ2) is 4.92. The van der Waals surface area contributed by atoms with Gasteiger partial charge < -0.3 is 9.68 Å². The molecule has 3 rings (SSSR count). The zero-order valence-corrected chi connectivity index (χ0v) is 11.4. The molecule has 2 aromatic rings. The number of hydrogen-bond donors (Lipinski definition) is 1. The van der Waals surface area contributed by atoms with Gasteiger partial charge in [0.1, 0.15) is 0 Å². The van der Waals surface area contributed by atoms with Crippen LogP contribution in [0.3, 0.4) is 0 Å². The number of Topliss-reactive ketones (excluding diaryl/α,β-unsaturated/α-hetero) is 1. The van der Waals surface area contributed by atoms with E-state index in [1.165, 1.54) is 11.3 Å². The van der Waals surface area contributed by atoms with Gasteiger partial charge in [0.05, 0.1) is 11.5 Å². The Kier molecular flexibility index (Phi) is 3.27. The molecule has 1 aliphatic heterocycles. The molecule has 19 heavy (non-hydrogen) atoms. The number of rotatable bonds is 3. The quantitative estimate of drug-likeness (QED) is 0.683. The lowest BCUT2D eigenvalue weighted by Gasteiger charge is -2.04. The predicted molar refractivity (Wildman–Crippen MR) is 75.9 cm³/mol. The SMILES string of the molecule is Cc1ccsc1C(=O)Cc1ccc2c(c1)B(O)OC2. The van der Waals surface area contributed by atoms with Gasteiger partial charge in [0.25, 0.3) is 0 Å². The molecule has 0 saturated carbocycles. The van der Waals surface area contributed by atoms with Gasteiger partial charge in [-0.15, -0.1) is 11.3 Å². The molecule has 0 spiro atoms. The van der Waals surface area contributed by atoms with E-state index in [2.05, 4.69) is 0 Å². The Balaban J connectivity index is 1.83. The molecule has 1 N–H and O–H groups in total. The largest absolute Gasteiger partial charge is 0.491 e. The van der Waals surface area contributed by atoms with E-state index in [4.69, 9.17) is 4.65 Å². The monoisotopic (exact) mass is 272 g/mol. The van der Waals surface area contributed by atoms with Crippen molar-refractivity contribution < 1.29 is 14.5 Å². The van der Waals surface area contributed by atoms with Gasteiger partial charge in [-0.1, -0.05) is 18.2 Å². The molecule has 2 heterocycles. The molecule has 0 radical (unpaired) electrons. The van der Waals surface area contributed by atoms with Crippen molar-refractivity contribution in [3.05, 3.63) is 51.2 Å². The maximum atomic E-state index is 12.2. The molecule has 5 heteroatoms. The van der Waals surface area contributed by atoms with Crippen LogP contribution in [0.2, 0.25) is 0 Å². The van der Waals surface area contributed by atoms with Crippen LogP contribution in [0.4, 0.5) is 0 Å². The number of carbonyl (C=O) groups excluding carboxylic acids is 1. The first-order chi connectivity index (χ1) is 9.15. The lowest BCUT2D eigenvalue weighted by molar-refractivity contribution is 0.0996. The van der Waals surface area contributed by atoms with E-state index in [9.17, 15) is 9.82 Å². The summed E-state index contributed by atoms with van der Waals surface area (Å²) >= 11 is 1.48. The van der Waals surface area contributed by atoms with Gasteiger partial charge in [-0.3, -0.25) is 4.79 Å². The van der Waals surface area contributed by atoms with Crippen LogP contribution in [-0.4, -0.2) is 17.9 Å². The number of ketones is 1. The van der Waals surface area contributed by atoms with Crippen LogP contribution in [0, 0.1) is 6.92 Å². The maximum absolute atomic E-state index is 12.2. The third kappa shape index (κ3) is 2.37. The molecule has 0 aliphatic carbocycles. The Hall–Kier alpha value is -1.43. The molecular weight excluding hydrogens is 259 g/mol. The highest BCUT2D eigenvalue weighted by Crippen LogP contribution is 2.19. The fourth-order valence-corrected chi connectivity index (χ4v) is 3.16. The van der Waals surface area contributed by atoms with Gasteiger partial charge in [0, 0.05) is 6.42 Å². The smallest absolute Gasteiger partial charge is 0.423 e. The molecule has 0 saturated heterocycles. The topological polar surface area (TPSA) is 46.5 Å². The summed E-state index contributed by atoms with van der Waals surface area (Å²) in [4.78, 5) is 13.0. The summed E-state index contributed by atoms with van der Waals surface area (Å²) in [6, 6.07) is 7.68. The van der Waals surface area contributed by atoms with Crippen molar-refractivity contribution in [2.75, 3.05) is 0 Å². The van der Waals surface area contributed by atoms with E-state index in [0.29, 0.717) is 13.0 Å². The van der Waals surface area contributed by atoms with Gasteiger partial charge in [-0.25, -0.2) is 0 Å². The van der Waals surface area contributed by atoms with Crippen molar-refractivity contribution in [2.24, 2.45) is 0 Å². The number of fused-ring (bicyclic) bond motifs is 1. The lowest BCUT2D eigenvalue weighted by Crippen LogP contribution is -2.28. The fraction of sp³-hybridized carbons (Fsp3) is 0.214. The zero-order chi connectivity index (χ0) is 13.4. The highest BCUT2D eigenvalue weighted by atomic mass is 32.1. The minimum absolute atomic E-state index is 0.126. The Morgan fingerprint density at radius 2 is 2.32 bits per heavy atom. The second-order valence-electron chi connectivity index (χ2n) is 4.73. The molecule has 1 aromatic heterocycles. The summed E-state index contributed by atoms with van der Waals surface area (Å²) in [5, 5.41) is 11.6.